The van der Waals surface area contributed by atoms with Gasteiger partial charge in [0.2, 0.25) is 0 Å². The van der Waals surface area contributed by atoms with Crippen LogP contribution in [0.5, 0.6) is 0 Å². The average Bonchev–Trinajstić information content (AvgIpc) is 2.80. The Bertz CT molecular complexity index is 216. The first kappa shape index (κ1) is 10.5. The smallest absolute Gasteiger partial charge is 0.0678 e. The first-order chi connectivity index (χ1) is 6.41. The average molecular weight is 196 g/mol. The molecule has 1 heteroatoms. The van der Waals surface area contributed by atoms with Crippen molar-refractivity contribution in [3.05, 3.63) is 0 Å². The summed E-state index contributed by atoms with van der Waals surface area (Å²) in [4.78, 5) is 0. The van der Waals surface area contributed by atoms with Crippen molar-refractivity contribution in [2.45, 2.75) is 64.9 Å². The van der Waals surface area contributed by atoms with E-state index in [1.165, 1.54) is 19.3 Å². The minimum atomic E-state index is -0.282. The zero-order chi connectivity index (χ0) is 10.4. The molecule has 3 atom stereocenters. The highest BCUT2D eigenvalue weighted by Crippen LogP contribution is 2.56. The molecule has 1 nitrogen and oxygen atoms in total. The van der Waals surface area contributed by atoms with Gasteiger partial charge in [0.25, 0.3) is 0 Å². The summed E-state index contributed by atoms with van der Waals surface area (Å²) in [5.41, 5.74) is 0.0910. The standard InChI is InChI=1S/C13H24O/c1-12(2,3)7-8-13(14)6-4-5-10-9-11(10)13/h10-11,14H,4-9H2,1-3H3. The lowest BCUT2D eigenvalue weighted by Gasteiger charge is -2.34. The summed E-state index contributed by atoms with van der Waals surface area (Å²) in [6.45, 7) is 6.80. The molecule has 14 heavy (non-hydrogen) atoms. The number of fused-ring (bicyclic) bond motifs is 1. The zero-order valence-electron chi connectivity index (χ0n) is 9.84. The number of aliphatic hydroxyl groups is 1. The van der Waals surface area contributed by atoms with Crippen LogP contribution in [0.4, 0.5) is 0 Å². The second-order valence-corrected chi connectivity index (χ2v) is 6.66. The van der Waals surface area contributed by atoms with Gasteiger partial charge in [0.05, 0.1) is 5.60 Å². The molecule has 2 rings (SSSR count). The minimum absolute atomic E-state index is 0.282. The van der Waals surface area contributed by atoms with Crippen LogP contribution in [0.15, 0.2) is 0 Å². The van der Waals surface area contributed by atoms with E-state index in [9.17, 15) is 5.11 Å². The van der Waals surface area contributed by atoms with Gasteiger partial charge in [-0.25, -0.2) is 0 Å². The van der Waals surface area contributed by atoms with Crippen LogP contribution < -0.4 is 0 Å². The van der Waals surface area contributed by atoms with Gasteiger partial charge in [-0.3, -0.25) is 0 Å². The molecule has 0 aliphatic heterocycles. The maximum atomic E-state index is 10.5. The highest BCUT2D eigenvalue weighted by atomic mass is 16.3. The molecule has 2 fully saturated rings. The first-order valence-corrected chi connectivity index (χ1v) is 6.13. The predicted molar refractivity (Wildman–Crippen MR) is 59.1 cm³/mol. The Morgan fingerprint density at radius 1 is 1.36 bits per heavy atom. The monoisotopic (exact) mass is 196 g/mol. The van der Waals surface area contributed by atoms with Gasteiger partial charge in [-0.15, -0.1) is 0 Å². The summed E-state index contributed by atoms with van der Waals surface area (Å²) in [6.07, 6.45) is 7.18. The Balaban J connectivity index is 1.89. The van der Waals surface area contributed by atoms with Crippen LogP contribution >= 0.6 is 0 Å². The van der Waals surface area contributed by atoms with Crippen LogP contribution in [0.2, 0.25) is 0 Å². The van der Waals surface area contributed by atoms with Crippen molar-refractivity contribution in [2.24, 2.45) is 17.3 Å². The van der Waals surface area contributed by atoms with Crippen molar-refractivity contribution < 1.29 is 5.11 Å². The van der Waals surface area contributed by atoms with E-state index < -0.39 is 0 Å². The molecule has 0 aromatic rings. The van der Waals surface area contributed by atoms with Crippen LogP contribution in [0.25, 0.3) is 0 Å². The van der Waals surface area contributed by atoms with Crippen LogP contribution in [0, 0.1) is 17.3 Å². The molecule has 0 spiro atoms. The summed E-state index contributed by atoms with van der Waals surface area (Å²) >= 11 is 0. The van der Waals surface area contributed by atoms with E-state index in [1.54, 1.807) is 0 Å². The van der Waals surface area contributed by atoms with Crippen molar-refractivity contribution in [3.63, 3.8) is 0 Å². The number of hydrogen-bond donors (Lipinski definition) is 1. The van der Waals surface area contributed by atoms with Crippen LogP contribution in [0.3, 0.4) is 0 Å². The Hall–Kier alpha value is -0.0400. The quantitative estimate of drug-likeness (QED) is 0.718. The van der Waals surface area contributed by atoms with Gasteiger partial charge in [0, 0.05) is 0 Å². The maximum absolute atomic E-state index is 10.5. The Morgan fingerprint density at radius 3 is 2.71 bits per heavy atom. The Morgan fingerprint density at radius 2 is 2.07 bits per heavy atom. The Kier molecular flexibility index (Phi) is 2.42. The SMILES string of the molecule is CC(C)(C)CCC1(O)CCCC2CC21. The molecule has 82 valence electrons. The number of hydrogen-bond acceptors (Lipinski definition) is 1. The van der Waals surface area contributed by atoms with Gasteiger partial charge in [0.1, 0.15) is 0 Å². The largest absolute Gasteiger partial charge is 0.390 e. The molecule has 0 amide bonds. The van der Waals surface area contributed by atoms with Gasteiger partial charge in [-0.1, -0.05) is 27.2 Å². The fourth-order valence-electron chi connectivity index (χ4n) is 2.98. The molecule has 0 bridgehead atoms. The molecule has 0 aromatic carbocycles. The van der Waals surface area contributed by atoms with E-state index in [-0.39, 0.29) is 5.60 Å². The molecule has 2 aliphatic carbocycles. The summed E-state index contributed by atoms with van der Waals surface area (Å²) in [5.74, 6) is 1.55. The summed E-state index contributed by atoms with van der Waals surface area (Å²) in [7, 11) is 0. The van der Waals surface area contributed by atoms with E-state index in [4.69, 9.17) is 0 Å². The zero-order valence-corrected chi connectivity index (χ0v) is 9.84. The first-order valence-electron chi connectivity index (χ1n) is 6.13. The van der Waals surface area contributed by atoms with Crippen LogP contribution in [-0.4, -0.2) is 10.7 Å². The highest BCUT2D eigenvalue weighted by molar-refractivity contribution is 5.04. The van der Waals surface area contributed by atoms with Gasteiger partial charge in [0.15, 0.2) is 0 Å². The van der Waals surface area contributed by atoms with Gasteiger partial charge < -0.3 is 5.11 Å². The summed E-state index contributed by atoms with van der Waals surface area (Å²) in [5, 5.41) is 10.5. The van der Waals surface area contributed by atoms with Crippen molar-refractivity contribution >= 4 is 0 Å². The van der Waals surface area contributed by atoms with E-state index in [0.29, 0.717) is 11.3 Å². The lowest BCUT2D eigenvalue weighted by molar-refractivity contribution is -0.0264. The summed E-state index contributed by atoms with van der Waals surface area (Å²) < 4.78 is 0. The van der Waals surface area contributed by atoms with E-state index >= 15 is 0 Å². The van der Waals surface area contributed by atoms with Gasteiger partial charge >= 0.3 is 0 Å². The summed E-state index contributed by atoms with van der Waals surface area (Å²) in [6, 6.07) is 0. The van der Waals surface area contributed by atoms with Gasteiger partial charge in [-0.05, 0) is 49.4 Å². The molecular weight excluding hydrogens is 172 g/mol. The third-order valence-electron chi connectivity index (χ3n) is 4.11. The van der Waals surface area contributed by atoms with E-state index in [2.05, 4.69) is 20.8 Å². The van der Waals surface area contributed by atoms with E-state index in [1.807, 2.05) is 0 Å². The predicted octanol–water partition coefficient (Wildman–Crippen LogP) is 3.36. The second kappa shape index (κ2) is 3.23. The minimum Gasteiger partial charge on any atom is -0.390 e. The number of rotatable bonds is 2. The molecule has 2 aliphatic rings. The maximum Gasteiger partial charge on any atom is 0.0678 e. The molecule has 3 unspecified atom stereocenters. The topological polar surface area (TPSA) is 20.2 Å². The molecule has 0 heterocycles. The third kappa shape index (κ3) is 2.13. The molecule has 0 saturated heterocycles. The molecule has 1 N–H and O–H groups in total. The lowest BCUT2D eigenvalue weighted by atomic mass is 9.77. The normalized spacial score (nSPS) is 42.0. The highest BCUT2D eigenvalue weighted by Gasteiger charge is 2.53. The Labute approximate surface area is 87.9 Å². The van der Waals surface area contributed by atoms with Crippen molar-refractivity contribution in [2.75, 3.05) is 0 Å². The van der Waals surface area contributed by atoms with Crippen molar-refractivity contribution in [3.8, 4) is 0 Å². The molecule has 2 saturated carbocycles. The van der Waals surface area contributed by atoms with Crippen LogP contribution in [-0.2, 0) is 0 Å². The van der Waals surface area contributed by atoms with Crippen molar-refractivity contribution in [1.29, 1.82) is 0 Å². The third-order valence-corrected chi connectivity index (χ3v) is 4.11. The molecule has 0 aromatic heterocycles. The van der Waals surface area contributed by atoms with E-state index in [0.717, 1.165) is 25.2 Å². The van der Waals surface area contributed by atoms with Gasteiger partial charge in [-0.2, -0.15) is 0 Å². The lowest BCUT2D eigenvalue weighted by Crippen LogP contribution is -2.35. The second-order valence-electron chi connectivity index (χ2n) is 6.66. The fraction of sp³-hybridized carbons (Fsp3) is 1.00. The fourth-order valence-corrected chi connectivity index (χ4v) is 2.98. The van der Waals surface area contributed by atoms with Crippen molar-refractivity contribution in [1.82, 2.24) is 0 Å². The molecule has 0 radical (unpaired) electrons. The van der Waals surface area contributed by atoms with Crippen LogP contribution in [0.1, 0.15) is 59.3 Å². The molecular formula is C13H24O.